The molecule has 0 aromatic heterocycles. The molecule has 0 aliphatic rings. The number of ether oxygens (including phenoxy) is 1. The van der Waals surface area contributed by atoms with E-state index in [1.807, 2.05) is 0 Å². The van der Waals surface area contributed by atoms with Crippen molar-refractivity contribution in [2.45, 2.75) is 66.2 Å². The average molecular weight is 242 g/mol. The van der Waals surface area contributed by atoms with Gasteiger partial charge in [0.25, 0.3) is 0 Å². The Morgan fingerprint density at radius 3 is 1.47 bits per heavy atom. The molecule has 3 heteroatoms. The van der Waals surface area contributed by atoms with Crippen LogP contribution in [0.2, 0.25) is 0 Å². The Bertz CT molecular complexity index is 249. The topological polar surface area (TPSA) is 49.7 Å². The zero-order valence-electron chi connectivity index (χ0n) is 11.5. The van der Waals surface area contributed by atoms with Gasteiger partial charge in [-0.3, -0.25) is 0 Å². The monoisotopic (exact) mass is 242 g/mol. The minimum absolute atomic E-state index is 0.273. The first-order valence-electron chi connectivity index (χ1n) is 6.48. The smallest absolute Gasteiger partial charge is 0.138 e. The van der Waals surface area contributed by atoms with E-state index in [1.54, 1.807) is 13.8 Å². The van der Waals surface area contributed by atoms with Crippen LogP contribution in [0.15, 0.2) is 23.0 Å². The van der Waals surface area contributed by atoms with Crippen LogP contribution in [0, 0.1) is 0 Å². The number of rotatable bonds is 8. The van der Waals surface area contributed by atoms with Crippen molar-refractivity contribution in [2.24, 2.45) is 0 Å². The maximum Gasteiger partial charge on any atom is 0.138 e. The van der Waals surface area contributed by atoms with Crippen LogP contribution in [-0.2, 0) is 4.74 Å². The molecule has 0 unspecified atom stereocenters. The molecule has 0 amide bonds. The maximum absolute atomic E-state index is 9.71. The van der Waals surface area contributed by atoms with E-state index in [0.29, 0.717) is 24.4 Å². The zero-order chi connectivity index (χ0) is 13.3. The summed E-state index contributed by atoms with van der Waals surface area (Å²) >= 11 is 0. The van der Waals surface area contributed by atoms with Crippen LogP contribution in [0.5, 0.6) is 0 Å². The van der Waals surface area contributed by atoms with Gasteiger partial charge in [-0.15, -0.1) is 0 Å². The summed E-state index contributed by atoms with van der Waals surface area (Å²) in [6.45, 7) is 7.60. The molecule has 0 saturated heterocycles. The normalized spacial score (nSPS) is 14.1. The molecule has 2 N–H and O–H groups in total. The maximum atomic E-state index is 9.71. The highest BCUT2D eigenvalue weighted by Gasteiger charge is 2.06. The molecule has 0 fully saturated rings. The highest BCUT2D eigenvalue weighted by atomic mass is 16.5. The summed E-state index contributed by atoms with van der Waals surface area (Å²) in [5, 5.41) is 19.4. The third-order valence-corrected chi connectivity index (χ3v) is 2.65. The molecule has 0 aromatic rings. The lowest BCUT2D eigenvalue weighted by Crippen LogP contribution is -1.97. The largest absolute Gasteiger partial charge is 0.509 e. The van der Waals surface area contributed by atoms with Gasteiger partial charge in [-0.1, -0.05) is 26.7 Å². The molecule has 0 aromatic carbocycles. The fourth-order valence-electron chi connectivity index (χ4n) is 1.39. The van der Waals surface area contributed by atoms with Crippen LogP contribution in [0.1, 0.15) is 66.2 Å². The summed E-state index contributed by atoms with van der Waals surface area (Å²) in [7, 11) is 0. The van der Waals surface area contributed by atoms with Crippen molar-refractivity contribution in [2.75, 3.05) is 0 Å². The summed E-state index contributed by atoms with van der Waals surface area (Å²) in [6.07, 6.45) is 5.21. The van der Waals surface area contributed by atoms with Crippen molar-refractivity contribution in [3.63, 3.8) is 0 Å². The fraction of sp³-hybridized carbons (Fsp3) is 0.714. The van der Waals surface area contributed by atoms with Gasteiger partial charge in [-0.05, 0) is 26.7 Å². The van der Waals surface area contributed by atoms with Crippen molar-refractivity contribution >= 4 is 0 Å². The lowest BCUT2D eigenvalue weighted by atomic mass is 10.2. The second kappa shape index (κ2) is 8.97. The number of aliphatic hydroxyl groups is 2. The van der Waals surface area contributed by atoms with Gasteiger partial charge in [0.05, 0.1) is 0 Å². The third-order valence-electron chi connectivity index (χ3n) is 2.65. The molecule has 0 radical (unpaired) electrons. The number of hydrogen-bond acceptors (Lipinski definition) is 3. The molecule has 0 aliphatic carbocycles. The van der Waals surface area contributed by atoms with Crippen molar-refractivity contribution in [1.82, 2.24) is 0 Å². The van der Waals surface area contributed by atoms with E-state index >= 15 is 0 Å². The summed E-state index contributed by atoms with van der Waals surface area (Å²) < 4.78 is 5.43. The zero-order valence-corrected chi connectivity index (χ0v) is 11.5. The van der Waals surface area contributed by atoms with E-state index < -0.39 is 0 Å². The van der Waals surface area contributed by atoms with Crippen LogP contribution in [0.25, 0.3) is 0 Å². The molecule has 0 aliphatic heterocycles. The molecule has 0 atom stereocenters. The standard InChI is InChI=1S/C14H26O3/c1-5-7-9-13(15)11(3)17-12(4)14(16)10-8-6-2/h15-16H,5-10H2,1-4H3/b13-11-,14-12-. The van der Waals surface area contributed by atoms with Crippen molar-refractivity contribution in [1.29, 1.82) is 0 Å². The van der Waals surface area contributed by atoms with Crippen molar-refractivity contribution in [3.8, 4) is 0 Å². The van der Waals surface area contributed by atoms with E-state index in [4.69, 9.17) is 4.74 Å². The van der Waals surface area contributed by atoms with E-state index in [0.717, 1.165) is 25.7 Å². The van der Waals surface area contributed by atoms with Crippen molar-refractivity contribution in [3.05, 3.63) is 23.0 Å². The summed E-state index contributed by atoms with van der Waals surface area (Å²) in [6, 6.07) is 0. The molecule has 0 bridgehead atoms. The number of hydrogen-bond donors (Lipinski definition) is 2. The van der Waals surface area contributed by atoms with Crippen LogP contribution in [0.3, 0.4) is 0 Å². The average Bonchev–Trinajstić information content (AvgIpc) is 2.32. The fourth-order valence-corrected chi connectivity index (χ4v) is 1.39. The molecule has 17 heavy (non-hydrogen) atoms. The Morgan fingerprint density at radius 2 is 1.18 bits per heavy atom. The quantitative estimate of drug-likeness (QED) is 0.591. The second-order valence-electron chi connectivity index (χ2n) is 4.31. The number of aliphatic hydroxyl groups excluding tert-OH is 2. The van der Waals surface area contributed by atoms with Gasteiger partial charge < -0.3 is 14.9 Å². The molecule has 100 valence electrons. The first kappa shape index (κ1) is 15.9. The van der Waals surface area contributed by atoms with Crippen LogP contribution < -0.4 is 0 Å². The van der Waals surface area contributed by atoms with Crippen LogP contribution in [0.4, 0.5) is 0 Å². The molecule has 0 heterocycles. The predicted molar refractivity (Wildman–Crippen MR) is 70.8 cm³/mol. The van der Waals surface area contributed by atoms with Gasteiger partial charge >= 0.3 is 0 Å². The Kier molecular flexibility index (Phi) is 8.38. The summed E-state index contributed by atoms with van der Waals surface area (Å²) in [5.74, 6) is 1.52. The lowest BCUT2D eigenvalue weighted by Gasteiger charge is -2.11. The molecular weight excluding hydrogens is 216 g/mol. The third kappa shape index (κ3) is 6.93. The molecular formula is C14H26O3. The minimum Gasteiger partial charge on any atom is -0.509 e. The molecule has 0 saturated carbocycles. The molecule has 3 nitrogen and oxygen atoms in total. The SMILES string of the molecule is CCCC/C(O)=C(\C)O/C(C)=C(\O)CCCC. The Hall–Kier alpha value is -1.12. The van der Waals surface area contributed by atoms with Gasteiger partial charge in [0, 0.05) is 12.8 Å². The van der Waals surface area contributed by atoms with E-state index in [1.165, 1.54) is 0 Å². The number of unbranched alkanes of at least 4 members (excludes halogenated alkanes) is 2. The van der Waals surface area contributed by atoms with Crippen LogP contribution in [-0.4, -0.2) is 10.2 Å². The van der Waals surface area contributed by atoms with Crippen LogP contribution >= 0.6 is 0 Å². The molecule has 0 spiro atoms. The highest BCUT2D eigenvalue weighted by molar-refractivity contribution is 5.05. The first-order valence-corrected chi connectivity index (χ1v) is 6.48. The Labute approximate surface area is 105 Å². The van der Waals surface area contributed by atoms with Gasteiger partial charge in [0.15, 0.2) is 0 Å². The van der Waals surface area contributed by atoms with E-state index in [2.05, 4.69) is 13.8 Å². The summed E-state index contributed by atoms with van der Waals surface area (Å²) in [4.78, 5) is 0. The minimum atomic E-state index is 0.273. The van der Waals surface area contributed by atoms with E-state index in [9.17, 15) is 10.2 Å². The van der Waals surface area contributed by atoms with Gasteiger partial charge in [-0.2, -0.15) is 0 Å². The lowest BCUT2D eigenvalue weighted by molar-refractivity contribution is 0.232. The first-order chi connectivity index (χ1) is 8.02. The predicted octanol–water partition coefficient (Wildman–Crippen LogP) is 4.96. The van der Waals surface area contributed by atoms with Gasteiger partial charge in [-0.25, -0.2) is 0 Å². The van der Waals surface area contributed by atoms with Gasteiger partial charge in [0.1, 0.15) is 23.0 Å². The number of allylic oxidation sites excluding steroid dienone is 4. The van der Waals surface area contributed by atoms with Gasteiger partial charge in [0.2, 0.25) is 0 Å². The second-order valence-corrected chi connectivity index (χ2v) is 4.31. The molecule has 0 rings (SSSR count). The van der Waals surface area contributed by atoms with Crippen molar-refractivity contribution < 1.29 is 14.9 Å². The highest BCUT2D eigenvalue weighted by Crippen LogP contribution is 2.17. The summed E-state index contributed by atoms with van der Waals surface area (Å²) in [5.41, 5.74) is 0. The van der Waals surface area contributed by atoms with E-state index in [-0.39, 0.29) is 11.5 Å². The Balaban J connectivity index is 4.39. The Morgan fingerprint density at radius 1 is 0.824 bits per heavy atom.